The maximum absolute atomic E-state index is 13.0. The standard InChI is InChI=1S/C26H33NO4/c1-3-4-5-6-7-8-9-13-16-23(27-30)25(28)22-19-20(2)17-18-24(22)31-26(29)21-14-11-10-12-15-21/h10-12,14-15,17-19,30H,3-9,13,16H2,1-2H3. The molecular weight excluding hydrogens is 390 g/mol. The summed E-state index contributed by atoms with van der Waals surface area (Å²) in [6.07, 6.45) is 9.50. The fourth-order valence-electron chi connectivity index (χ4n) is 3.43. The smallest absolute Gasteiger partial charge is 0.343 e. The lowest BCUT2D eigenvalue weighted by atomic mass is 9.99. The zero-order chi connectivity index (χ0) is 22.5. The lowest BCUT2D eigenvalue weighted by Crippen LogP contribution is -2.18. The molecule has 31 heavy (non-hydrogen) atoms. The normalized spacial score (nSPS) is 11.4. The molecule has 2 aromatic rings. The average Bonchev–Trinajstić information content (AvgIpc) is 2.79. The number of oxime groups is 1. The Morgan fingerprint density at radius 3 is 2.19 bits per heavy atom. The van der Waals surface area contributed by atoms with Crippen LogP contribution < -0.4 is 4.74 Å². The van der Waals surface area contributed by atoms with Crippen molar-refractivity contribution in [3.05, 3.63) is 65.2 Å². The van der Waals surface area contributed by atoms with Gasteiger partial charge in [0.2, 0.25) is 5.78 Å². The van der Waals surface area contributed by atoms with Crippen LogP contribution in [0.4, 0.5) is 0 Å². The number of ketones is 1. The quantitative estimate of drug-likeness (QED) is 0.0734. The fraction of sp³-hybridized carbons (Fsp3) is 0.423. The Morgan fingerprint density at radius 2 is 1.55 bits per heavy atom. The molecule has 0 aliphatic rings. The second-order valence-corrected chi connectivity index (χ2v) is 7.86. The van der Waals surface area contributed by atoms with Gasteiger partial charge >= 0.3 is 5.97 Å². The minimum Gasteiger partial charge on any atom is -0.422 e. The van der Waals surface area contributed by atoms with Crippen molar-refractivity contribution in [3.8, 4) is 5.75 Å². The second kappa shape index (κ2) is 13.4. The minimum absolute atomic E-state index is 0.0913. The van der Waals surface area contributed by atoms with E-state index in [-0.39, 0.29) is 17.0 Å². The van der Waals surface area contributed by atoms with E-state index in [1.807, 2.05) is 13.0 Å². The van der Waals surface area contributed by atoms with E-state index < -0.39 is 11.8 Å². The third-order valence-electron chi connectivity index (χ3n) is 5.24. The van der Waals surface area contributed by atoms with E-state index in [9.17, 15) is 14.8 Å². The van der Waals surface area contributed by atoms with Gasteiger partial charge in [0, 0.05) is 0 Å². The Hall–Kier alpha value is -2.95. The van der Waals surface area contributed by atoms with Gasteiger partial charge in [-0.1, -0.05) is 86.9 Å². The van der Waals surface area contributed by atoms with Gasteiger partial charge in [0.15, 0.2) is 0 Å². The van der Waals surface area contributed by atoms with Crippen molar-refractivity contribution in [2.24, 2.45) is 5.16 Å². The van der Waals surface area contributed by atoms with E-state index in [0.717, 1.165) is 24.8 Å². The van der Waals surface area contributed by atoms with E-state index in [4.69, 9.17) is 4.74 Å². The van der Waals surface area contributed by atoms with Crippen molar-refractivity contribution in [2.75, 3.05) is 0 Å². The highest BCUT2D eigenvalue weighted by molar-refractivity contribution is 6.46. The van der Waals surface area contributed by atoms with Crippen LogP contribution in [0, 0.1) is 6.92 Å². The first-order valence-corrected chi connectivity index (χ1v) is 11.2. The van der Waals surface area contributed by atoms with Crippen molar-refractivity contribution < 1.29 is 19.5 Å². The summed E-state index contributed by atoms with van der Waals surface area (Å²) in [5.41, 5.74) is 1.58. The molecule has 0 saturated carbocycles. The minimum atomic E-state index is -0.538. The predicted octanol–water partition coefficient (Wildman–Crippen LogP) is 6.76. The van der Waals surface area contributed by atoms with Crippen molar-refractivity contribution >= 4 is 17.5 Å². The molecule has 0 amide bonds. The highest BCUT2D eigenvalue weighted by Gasteiger charge is 2.21. The summed E-state index contributed by atoms with van der Waals surface area (Å²) in [7, 11) is 0. The van der Waals surface area contributed by atoms with Crippen molar-refractivity contribution in [1.82, 2.24) is 0 Å². The number of esters is 1. The molecule has 0 aliphatic heterocycles. The van der Waals surface area contributed by atoms with Crippen molar-refractivity contribution in [1.29, 1.82) is 0 Å². The number of rotatable bonds is 13. The Kier molecular flexibility index (Phi) is 10.5. The zero-order valence-electron chi connectivity index (χ0n) is 18.6. The summed E-state index contributed by atoms with van der Waals surface area (Å²) in [5.74, 6) is -0.782. The predicted molar refractivity (Wildman–Crippen MR) is 123 cm³/mol. The number of hydrogen-bond donors (Lipinski definition) is 1. The molecule has 0 spiro atoms. The fourth-order valence-corrected chi connectivity index (χ4v) is 3.43. The molecular formula is C26H33NO4. The molecule has 2 rings (SSSR count). The Balaban J connectivity index is 1.99. The molecule has 0 fully saturated rings. The number of hydrogen-bond acceptors (Lipinski definition) is 5. The topological polar surface area (TPSA) is 76.0 Å². The van der Waals surface area contributed by atoms with Crippen LogP contribution in [0.25, 0.3) is 0 Å². The van der Waals surface area contributed by atoms with Crippen molar-refractivity contribution in [3.63, 3.8) is 0 Å². The van der Waals surface area contributed by atoms with Gasteiger partial charge in [0.05, 0.1) is 11.1 Å². The third kappa shape index (κ3) is 8.00. The molecule has 0 saturated heterocycles. The zero-order valence-corrected chi connectivity index (χ0v) is 18.6. The second-order valence-electron chi connectivity index (χ2n) is 7.86. The monoisotopic (exact) mass is 423 g/mol. The number of nitrogens with zero attached hydrogens (tertiary/aromatic N) is 1. The van der Waals surface area contributed by atoms with Crippen LogP contribution in [0.3, 0.4) is 0 Å². The van der Waals surface area contributed by atoms with Crippen LogP contribution >= 0.6 is 0 Å². The molecule has 0 aromatic heterocycles. The molecule has 0 aliphatic carbocycles. The largest absolute Gasteiger partial charge is 0.422 e. The molecule has 2 aromatic carbocycles. The van der Waals surface area contributed by atoms with Gasteiger partial charge < -0.3 is 9.94 Å². The lowest BCUT2D eigenvalue weighted by molar-refractivity contribution is 0.0733. The van der Waals surface area contributed by atoms with Gasteiger partial charge in [-0.05, 0) is 44.0 Å². The van der Waals surface area contributed by atoms with Crippen molar-refractivity contribution in [2.45, 2.75) is 71.6 Å². The number of aryl methyl sites for hydroxylation is 1. The molecule has 0 radical (unpaired) electrons. The molecule has 166 valence electrons. The van der Waals surface area contributed by atoms with E-state index in [1.54, 1.807) is 42.5 Å². The summed E-state index contributed by atoms with van der Waals surface area (Å²) in [6.45, 7) is 4.06. The molecule has 0 heterocycles. The Labute approximate surface area is 185 Å². The number of ether oxygens (including phenoxy) is 1. The maximum atomic E-state index is 13.0. The summed E-state index contributed by atoms with van der Waals surface area (Å²) in [4.78, 5) is 25.5. The number of carbonyl (C=O) groups is 2. The van der Waals surface area contributed by atoms with E-state index in [1.165, 1.54) is 32.1 Å². The first-order chi connectivity index (χ1) is 15.1. The number of carbonyl (C=O) groups excluding carboxylic acids is 2. The Morgan fingerprint density at radius 1 is 0.903 bits per heavy atom. The molecule has 0 atom stereocenters. The molecule has 0 bridgehead atoms. The summed E-state index contributed by atoms with van der Waals surface area (Å²) in [6, 6.07) is 13.7. The van der Waals surface area contributed by atoms with Crippen LogP contribution in [0.1, 0.15) is 91.0 Å². The summed E-state index contributed by atoms with van der Waals surface area (Å²) >= 11 is 0. The number of unbranched alkanes of at least 4 members (excludes halogenated alkanes) is 7. The van der Waals surface area contributed by atoms with Crippen LogP contribution in [0.2, 0.25) is 0 Å². The van der Waals surface area contributed by atoms with Crippen LogP contribution in [-0.4, -0.2) is 22.7 Å². The average molecular weight is 424 g/mol. The lowest BCUT2D eigenvalue weighted by Gasteiger charge is -2.11. The SMILES string of the molecule is CCCCCCCCCCC(=NO)C(=O)c1cc(C)ccc1OC(=O)c1ccccc1. The van der Waals surface area contributed by atoms with Gasteiger partial charge in [-0.3, -0.25) is 4.79 Å². The van der Waals surface area contributed by atoms with Gasteiger partial charge in [-0.25, -0.2) is 4.79 Å². The first-order valence-electron chi connectivity index (χ1n) is 11.2. The highest BCUT2D eigenvalue weighted by atomic mass is 16.5. The molecule has 5 nitrogen and oxygen atoms in total. The summed E-state index contributed by atoms with van der Waals surface area (Å²) in [5, 5.41) is 12.7. The van der Waals surface area contributed by atoms with E-state index >= 15 is 0 Å². The number of Topliss-reactive ketones (excluding diaryl/α,β-unsaturated/α-hetero) is 1. The van der Waals surface area contributed by atoms with Gasteiger partial charge in [-0.2, -0.15) is 0 Å². The summed E-state index contributed by atoms with van der Waals surface area (Å²) < 4.78 is 5.50. The van der Waals surface area contributed by atoms with Gasteiger partial charge in [0.25, 0.3) is 0 Å². The molecule has 0 unspecified atom stereocenters. The third-order valence-corrected chi connectivity index (χ3v) is 5.24. The number of benzene rings is 2. The van der Waals surface area contributed by atoms with Gasteiger partial charge in [-0.15, -0.1) is 0 Å². The van der Waals surface area contributed by atoms with Gasteiger partial charge in [0.1, 0.15) is 11.5 Å². The highest BCUT2D eigenvalue weighted by Crippen LogP contribution is 2.23. The van der Waals surface area contributed by atoms with E-state index in [2.05, 4.69) is 12.1 Å². The molecule has 5 heteroatoms. The maximum Gasteiger partial charge on any atom is 0.343 e. The van der Waals surface area contributed by atoms with Crippen LogP contribution in [0.15, 0.2) is 53.7 Å². The van der Waals surface area contributed by atoms with Crippen LogP contribution in [0.5, 0.6) is 5.75 Å². The molecule has 1 N–H and O–H groups in total. The first kappa shape index (κ1) is 24.3. The Bertz CT molecular complexity index is 874. The van der Waals surface area contributed by atoms with Crippen LogP contribution in [-0.2, 0) is 0 Å². The van der Waals surface area contributed by atoms with E-state index in [0.29, 0.717) is 12.0 Å².